The third kappa shape index (κ3) is 3.53. The molecule has 0 saturated heterocycles. The van der Waals surface area contributed by atoms with E-state index in [2.05, 4.69) is 0 Å². The van der Waals surface area contributed by atoms with Gasteiger partial charge in [-0.3, -0.25) is 0 Å². The molecule has 0 aromatic heterocycles. The predicted octanol–water partition coefficient (Wildman–Crippen LogP) is 2.45. The summed E-state index contributed by atoms with van der Waals surface area (Å²) in [6, 6.07) is 0. The smallest absolute Gasteiger partial charge is 0.327 e. The quantitative estimate of drug-likeness (QED) is 0.679. The summed E-state index contributed by atoms with van der Waals surface area (Å²) in [7, 11) is 0. The van der Waals surface area contributed by atoms with E-state index in [1.807, 2.05) is 0 Å². The molecule has 0 aliphatic heterocycles. The summed E-state index contributed by atoms with van der Waals surface area (Å²) in [6.07, 6.45) is 3.18. The third-order valence-electron chi connectivity index (χ3n) is 2.19. The topological polar surface area (TPSA) is 37.3 Å². The molecule has 1 unspecified atom stereocenters. The summed E-state index contributed by atoms with van der Waals surface area (Å²) in [5, 5.41) is 8.30. The first-order chi connectivity index (χ1) is 5.99. The zero-order valence-corrected chi connectivity index (χ0v) is 7.17. The van der Waals surface area contributed by atoms with Crippen molar-refractivity contribution in [3.63, 3.8) is 0 Å². The Balaban J connectivity index is 2.48. The van der Waals surface area contributed by atoms with Gasteiger partial charge in [0.2, 0.25) is 5.92 Å². The van der Waals surface area contributed by atoms with Crippen molar-refractivity contribution >= 4 is 5.97 Å². The van der Waals surface area contributed by atoms with Gasteiger partial charge in [0, 0.05) is 18.9 Å². The van der Waals surface area contributed by atoms with Gasteiger partial charge in [-0.1, -0.05) is 6.08 Å². The van der Waals surface area contributed by atoms with E-state index in [1.54, 1.807) is 0 Å². The predicted molar refractivity (Wildman–Crippen MR) is 43.7 cm³/mol. The van der Waals surface area contributed by atoms with Gasteiger partial charge in [-0.2, -0.15) is 0 Å². The first kappa shape index (κ1) is 10.2. The third-order valence-corrected chi connectivity index (χ3v) is 2.19. The minimum Gasteiger partial charge on any atom is -0.478 e. The van der Waals surface area contributed by atoms with E-state index in [4.69, 9.17) is 5.11 Å². The second kappa shape index (κ2) is 3.85. The van der Waals surface area contributed by atoms with Gasteiger partial charge in [0.05, 0.1) is 0 Å². The molecule has 1 saturated carbocycles. The van der Waals surface area contributed by atoms with Crippen LogP contribution in [0.5, 0.6) is 0 Å². The first-order valence-corrected chi connectivity index (χ1v) is 4.28. The Morgan fingerprint density at radius 3 is 2.77 bits per heavy atom. The van der Waals surface area contributed by atoms with Crippen LogP contribution in [0.3, 0.4) is 0 Å². The SMILES string of the molecule is O=C(O)/C=C/C1CCCC(F)(F)C1. The molecule has 0 amide bonds. The zero-order valence-electron chi connectivity index (χ0n) is 7.17. The lowest BCUT2D eigenvalue weighted by atomic mass is 9.86. The first-order valence-electron chi connectivity index (χ1n) is 4.28. The molecule has 1 aliphatic rings. The number of alkyl halides is 2. The Kier molecular flexibility index (Phi) is 3.01. The van der Waals surface area contributed by atoms with Gasteiger partial charge in [-0.15, -0.1) is 0 Å². The number of carboxylic acid groups (broad SMARTS) is 1. The summed E-state index contributed by atoms with van der Waals surface area (Å²) in [4.78, 5) is 10.1. The molecule has 13 heavy (non-hydrogen) atoms. The Morgan fingerprint density at radius 1 is 1.54 bits per heavy atom. The van der Waals surface area contributed by atoms with E-state index in [9.17, 15) is 13.6 Å². The van der Waals surface area contributed by atoms with Crippen LogP contribution in [0.1, 0.15) is 25.7 Å². The highest BCUT2D eigenvalue weighted by molar-refractivity contribution is 5.79. The molecule has 0 heterocycles. The summed E-state index contributed by atoms with van der Waals surface area (Å²) in [6.45, 7) is 0. The maximum atomic E-state index is 12.8. The fraction of sp³-hybridized carbons (Fsp3) is 0.667. The second-order valence-electron chi connectivity index (χ2n) is 3.41. The minimum atomic E-state index is -2.61. The normalized spacial score (nSPS) is 27.7. The van der Waals surface area contributed by atoms with E-state index < -0.39 is 11.9 Å². The van der Waals surface area contributed by atoms with Gasteiger partial charge in [-0.05, 0) is 18.8 Å². The Bertz CT molecular complexity index is 224. The number of allylic oxidation sites excluding steroid dienone is 1. The van der Waals surface area contributed by atoms with Gasteiger partial charge in [0.1, 0.15) is 0 Å². The Morgan fingerprint density at radius 2 is 2.23 bits per heavy atom. The fourth-order valence-corrected chi connectivity index (χ4v) is 1.59. The highest BCUT2D eigenvalue weighted by Gasteiger charge is 2.35. The molecular weight excluding hydrogens is 178 g/mol. The van der Waals surface area contributed by atoms with Crippen molar-refractivity contribution in [2.45, 2.75) is 31.6 Å². The summed E-state index contributed by atoms with van der Waals surface area (Å²) in [5.74, 6) is -3.96. The van der Waals surface area contributed by atoms with E-state index in [-0.39, 0.29) is 18.8 Å². The molecular formula is C9H12F2O2. The molecule has 1 rings (SSSR count). The van der Waals surface area contributed by atoms with Gasteiger partial charge >= 0.3 is 5.97 Å². The lowest BCUT2D eigenvalue weighted by molar-refractivity contribution is -0.131. The molecule has 1 atom stereocenters. The van der Waals surface area contributed by atoms with Gasteiger partial charge in [0.15, 0.2) is 0 Å². The summed E-state index contributed by atoms with van der Waals surface area (Å²) in [5.41, 5.74) is 0. The van der Waals surface area contributed by atoms with Gasteiger partial charge in [0.25, 0.3) is 0 Å². The van der Waals surface area contributed by atoms with Crippen molar-refractivity contribution in [2.24, 2.45) is 5.92 Å². The Labute approximate surface area is 75.3 Å². The highest BCUT2D eigenvalue weighted by atomic mass is 19.3. The maximum absolute atomic E-state index is 12.8. The molecule has 1 N–H and O–H groups in total. The van der Waals surface area contributed by atoms with Crippen LogP contribution in [-0.4, -0.2) is 17.0 Å². The number of hydrogen-bond donors (Lipinski definition) is 1. The zero-order chi connectivity index (χ0) is 9.90. The number of halogens is 2. The monoisotopic (exact) mass is 190 g/mol. The van der Waals surface area contributed by atoms with Crippen molar-refractivity contribution in [3.8, 4) is 0 Å². The molecule has 74 valence electrons. The molecule has 0 aromatic carbocycles. The van der Waals surface area contributed by atoms with Crippen molar-refractivity contribution in [2.75, 3.05) is 0 Å². The van der Waals surface area contributed by atoms with E-state index in [1.165, 1.54) is 6.08 Å². The van der Waals surface area contributed by atoms with Gasteiger partial charge in [-0.25, -0.2) is 13.6 Å². The summed E-state index contributed by atoms with van der Waals surface area (Å²) >= 11 is 0. The number of carboxylic acids is 1. The van der Waals surface area contributed by atoms with Crippen LogP contribution < -0.4 is 0 Å². The number of carbonyl (C=O) groups is 1. The van der Waals surface area contributed by atoms with Gasteiger partial charge < -0.3 is 5.11 Å². The van der Waals surface area contributed by atoms with Crippen LogP contribution in [0, 0.1) is 5.92 Å². The van der Waals surface area contributed by atoms with E-state index in [0.29, 0.717) is 12.8 Å². The van der Waals surface area contributed by atoms with Crippen LogP contribution in [0.4, 0.5) is 8.78 Å². The molecule has 0 radical (unpaired) electrons. The molecule has 4 heteroatoms. The van der Waals surface area contributed by atoms with Crippen LogP contribution in [0.15, 0.2) is 12.2 Å². The Hall–Kier alpha value is -0.930. The molecule has 1 fully saturated rings. The average molecular weight is 190 g/mol. The van der Waals surface area contributed by atoms with E-state index in [0.717, 1.165) is 6.08 Å². The van der Waals surface area contributed by atoms with Crippen LogP contribution in [0.2, 0.25) is 0 Å². The van der Waals surface area contributed by atoms with Crippen molar-refractivity contribution in [1.29, 1.82) is 0 Å². The lowest BCUT2D eigenvalue weighted by Gasteiger charge is -2.26. The highest BCUT2D eigenvalue weighted by Crippen LogP contribution is 2.36. The molecule has 0 aromatic rings. The van der Waals surface area contributed by atoms with Crippen LogP contribution in [0.25, 0.3) is 0 Å². The standard InChI is InChI=1S/C9H12F2O2/c10-9(11)5-1-2-7(6-9)3-4-8(12)13/h3-4,7H,1-2,5-6H2,(H,12,13)/b4-3+. The summed E-state index contributed by atoms with van der Waals surface area (Å²) < 4.78 is 25.6. The largest absolute Gasteiger partial charge is 0.478 e. The molecule has 0 bridgehead atoms. The second-order valence-corrected chi connectivity index (χ2v) is 3.41. The molecule has 2 nitrogen and oxygen atoms in total. The maximum Gasteiger partial charge on any atom is 0.327 e. The number of hydrogen-bond acceptors (Lipinski definition) is 1. The average Bonchev–Trinajstić information content (AvgIpc) is 1.99. The van der Waals surface area contributed by atoms with Crippen LogP contribution >= 0.6 is 0 Å². The van der Waals surface area contributed by atoms with Crippen molar-refractivity contribution in [1.82, 2.24) is 0 Å². The fourth-order valence-electron chi connectivity index (χ4n) is 1.59. The van der Waals surface area contributed by atoms with Crippen molar-refractivity contribution in [3.05, 3.63) is 12.2 Å². The lowest BCUT2D eigenvalue weighted by Crippen LogP contribution is -2.25. The van der Waals surface area contributed by atoms with E-state index >= 15 is 0 Å². The number of rotatable bonds is 2. The van der Waals surface area contributed by atoms with Crippen LogP contribution in [-0.2, 0) is 4.79 Å². The van der Waals surface area contributed by atoms with Crippen molar-refractivity contribution < 1.29 is 18.7 Å². The molecule has 1 aliphatic carbocycles. The minimum absolute atomic E-state index is 0.0651. The molecule has 0 spiro atoms. The number of aliphatic carboxylic acids is 1.